The molecule has 0 bridgehead atoms. The predicted octanol–water partition coefficient (Wildman–Crippen LogP) is 2.66. The molecule has 0 aromatic carbocycles. The van der Waals surface area contributed by atoms with Crippen LogP contribution in [0.1, 0.15) is 40.0 Å². The normalized spacial score (nSPS) is 43.0. The van der Waals surface area contributed by atoms with Gasteiger partial charge in [0.05, 0.1) is 26.2 Å². The fourth-order valence-electron chi connectivity index (χ4n) is 2.98. The van der Waals surface area contributed by atoms with Crippen molar-refractivity contribution in [1.82, 2.24) is 0 Å². The zero-order valence-electron chi connectivity index (χ0n) is 9.14. The van der Waals surface area contributed by atoms with Crippen LogP contribution in [0.15, 0.2) is 0 Å². The molecule has 0 radical (unpaired) electrons. The summed E-state index contributed by atoms with van der Waals surface area (Å²) in [6.07, 6.45) is 4.24. The van der Waals surface area contributed by atoms with Crippen molar-refractivity contribution in [1.29, 1.82) is 0 Å². The lowest BCUT2D eigenvalue weighted by molar-refractivity contribution is -0.940. The lowest BCUT2D eigenvalue weighted by Crippen LogP contribution is -2.57. The largest absolute Gasteiger partial charge is 0.324 e. The summed E-state index contributed by atoms with van der Waals surface area (Å²) in [7, 11) is 2.43. The third-order valence-corrected chi connectivity index (χ3v) is 3.93. The molecule has 12 heavy (non-hydrogen) atoms. The molecule has 0 N–H and O–H groups in total. The SMILES string of the molecule is CCC1C(C)CCC[N+]1(C)CC. The van der Waals surface area contributed by atoms with Crippen LogP contribution >= 0.6 is 0 Å². The maximum atomic E-state index is 2.43. The molecule has 0 aromatic heterocycles. The molecule has 0 amide bonds. The summed E-state index contributed by atoms with van der Waals surface area (Å²) in [6, 6.07) is 0.920. The third-order valence-electron chi connectivity index (χ3n) is 3.93. The molecule has 0 aromatic rings. The molecule has 1 heteroatoms. The molecule has 0 aliphatic carbocycles. The Balaban J connectivity index is 2.70. The minimum absolute atomic E-state index is 0.920. The Bertz CT molecular complexity index is 144. The molecular weight excluding hydrogens is 146 g/mol. The van der Waals surface area contributed by atoms with Crippen molar-refractivity contribution in [2.75, 3.05) is 20.1 Å². The summed E-state index contributed by atoms with van der Waals surface area (Å²) in [5.41, 5.74) is 0. The van der Waals surface area contributed by atoms with E-state index in [9.17, 15) is 0 Å². The van der Waals surface area contributed by atoms with Crippen LogP contribution in [0.2, 0.25) is 0 Å². The van der Waals surface area contributed by atoms with Gasteiger partial charge in [-0.05, 0) is 26.2 Å². The first-order chi connectivity index (χ1) is 5.64. The van der Waals surface area contributed by atoms with E-state index in [-0.39, 0.29) is 0 Å². The van der Waals surface area contributed by atoms with Gasteiger partial charge >= 0.3 is 0 Å². The average Bonchev–Trinajstić information content (AvgIpc) is 2.05. The molecule has 1 aliphatic heterocycles. The lowest BCUT2D eigenvalue weighted by atomic mass is 9.87. The first kappa shape index (κ1) is 10.0. The highest BCUT2D eigenvalue weighted by atomic mass is 15.4. The molecule has 3 atom stereocenters. The summed E-state index contributed by atoms with van der Waals surface area (Å²) >= 11 is 0. The minimum atomic E-state index is 0.920. The number of piperidine rings is 1. The molecule has 3 unspecified atom stereocenters. The van der Waals surface area contributed by atoms with Crippen LogP contribution in [0, 0.1) is 5.92 Å². The number of likely N-dealkylation sites (tertiary alicyclic amines) is 1. The second-order valence-electron chi connectivity index (χ2n) is 4.61. The van der Waals surface area contributed by atoms with Crippen molar-refractivity contribution in [2.45, 2.75) is 46.1 Å². The Morgan fingerprint density at radius 1 is 1.33 bits per heavy atom. The highest BCUT2D eigenvalue weighted by molar-refractivity contribution is 4.70. The van der Waals surface area contributed by atoms with Crippen molar-refractivity contribution >= 4 is 0 Å². The first-order valence-corrected chi connectivity index (χ1v) is 5.48. The van der Waals surface area contributed by atoms with E-state index >= 15 is 0 Å². The molecule has 0 saturated carbocycles. The van der Waals surface area contributed by atoms with Crippen LogP contribution < -0.4 is 0 Å². The van der Waals surface area contributed by atoms with E-state index in [1.165, 1.54) is 36.8 Å². The molecule has 0 spiro atoms. The van der Waals surface area contributed by atoms with Gasteiger partial charge in [-0.15, -0.1) is 0 Å². The first-order valence-electron chi connectivity index (χ1n) is 5.48. The highest BCUT2D eigenvalue weighted by Crippen LogP contribution is 2.30. The van der Waals surface area contributed by atoms with Crippen molar-refractivity contribution in [3.05, 3.63) is 0 Å². The van der Waals surface area contributed by atoms with E-state index in [0.29, 0.717) is 0 Å². The Morgan fingerprint density at radius 3 is 2.42 bits per heavy atom. The van der Waals surface area contributed by atoms with Gasteiger partial charge in [-0.25, -0.2) is 0 Å². The topological polar surface area (TPSA) is 0 Å². The molecule has 1 fully saturated rings. The summed E-state index contributed by atoms with van der Waals surface area (Å²) in [4.78, 5) is 0. The minimum Gasteiger partial charge on any atom is -0.324 e. The van der Waals surface area contributed by atoms with Crippen molar-refractivity contribution in [3.63, 3.8) is 0 Å². The maximum absolute atomic E-state index is 2.43. The van der Waals surface area contributed by atoms with Gasteiger partial charge in [0.25, 0.3) is 0 Å². The van der Waals surface area contributed by atoms with E-state index in [1.54, 1.807) is 0 Å². The maximum Gasteiger partial charge on any atom is 0.0911 e. The van der Waals surface area contributed by atoms with Gasteiger partial charge in [-0.1, -0.05) is 13.8 Å². The fraction of sp³-hybridized carbons (Fsp3) is 1.00. The Hall–Kier alpha value is -0.0400. The van der Waals surface area contributed by atoms with Gasteiger partial charge in [0.15, 0.2) is 0 Å². The number of rotatable bonds is 2. The third kappa shape index (κ3) is 1.66. The Kier molecular flexibility index (Phi) is 3.16. The average molecular weight is 170 g/mol. The van der Waals surface area contributed by atoms with Crippen LogP contribution in [0.5, 0.6) is 0 Å². The zero-order valence-corrected chi connectivity index (χ0v) is 9.14. The summed E-state index contributed by atoms with van der Waals surface area (Å²) < 4.78 is 1.32. The lowest BCUT2D eigenvalue weighted by Gasteiger charge is -2.47. The van der Waals surface area contributed by atoms with Gasteiger partial charge in [0.1, 0.15) is 0 Å². The number of hydrogen-bond donors (Lipinski definition) is 0. The van der Waals surface area contributed by atoms with E-state index in [0.717, 1.165) is 12.0 Å². The van der Waals surface area contributed by atoms with Crippen LogP contribution in [0.4, 0.5) is 0 Å². The molecule has 1 saturated heterocycles. The summed E-state index contributed by atoms with van der Waals surface area (Å²) in [5.74, 6) is 0.939. The molecule has 1 nitrogen and oxygen atoms in total. The Morgan fingerprint density at radius 2 is 2.00 bits per heavy atom. The van der Waals surface area contributed by atoms with Crippen LogP contribution in [-0.2, 0) is 0 Å². The van der Waals surface area contributed by atoms with Gasteiger partial charge in [0.2, 0.25) is 0 Å². The van der Waals surface area contributed by atoms with Crippen LogP contribution in [-0.4, -0.2) is 30.7 Å². The molecule has 1 heterocycles. The molecule has 1 aliphatic rings. The van der Waals surface area contributed by atoms with E-state index in [1.807, 2.05) is 0 Å². The summed E-state index contributed by atoms with van der Waals surface area (Å²) in [5, 5.41) is 0. The predicted molar refractivity (Wildman–Crippen MR) is 54.1 cm³/mol. The highest BCUT2D eigenvalue weighted by Gasteiger charge is 2.37. The van der Waals surface area contributed by atoms with Crippen molar-refractivity contribution in [2.24, 2.45) is 5.92 Å². The number of quaternary nitrogens is 1. The van der Waals surface area contributed by atoms with Crippen LogP contribution in [0.3, 0.4) is 0 Å². The number of hydrogen-bond acceptors (Lipinski definition) is 0. The van der Waals surface area contributed by atoms with Gasteiger partial charge < -0.3 is 4.48 Å². The molecule has 1 rings (SSSR count). The molecule has 72 valence electrons. The van der Waals surface area contributed by atoms with Crippen molar-refractivity contribution in [3.8, 4) is 0 Å². The number of nitrogens with zero attached hydrogens (tertiary/aromatic N) is 1. The Labute approximate surface area is 77.4 Å². The van der Waals surface area contributed by atoms with Gasteiger partial charge in [0, 0.05) is 5.92 Å². The van der Waals surface area contributed by atoms with E-state index in [4.69, 9.17) is 0 Å². The van der Waals surface area contributed by atoms with Gasteiger partial charge in [-0.2, -0.15) is 0 Å². The fourth-order valence-corrected chi connectivity index (χ4v) is 2.98. The smallest absolute Gasteiger partial charge is 0.0911 e. The van der Waals surface area contributed by atoms with Crippen molar-refractivity contribution < 1.29 is 4.48 Å². The monoisotopic (exact) mass is 170 g/mol. The molecular formula is C11H24N+. The van der Waals surface area contributed by atoms with Gasteiger partial charge in [-0.3, -0.25) is 0 Å². The standard InChI is InChI=1S/C11H24N/c1-5-11-10(3)8-7-9-12(11,4)6-2/h10-11H,5-9H2,1-4H3/q+1. The zero-order chi connectivity index (χ0) is 9.19. The van der Waals surface area contributed by atoms with E-state index in [2.05, 4.69) is 27.8 Å². The van der Waals surface area contributed by atoms with E-state index < -0.39 is 0 Å². The summed E-state index contributed by atoms with van der Waals surface area (Å²) in [6.45, 7) is 9.82. The second kappa shape index (κ2) is 3.78. The quantitative estimate of drug-likeness (QED) is 0.559. The second-order valence-corrected chi connectivity index (χ2v) is 4.61. The van der Waals surface area contributed by atoms with Crippen LogP contribution in [0.25, 0.3) is 0 Å².